The van der Waals surface area contributed by atoms with Crippen LogP contribution in [-0.4, -0.2) is 52.4 Å². The predicted octanol–water partition coefficient (Wildman–Crippen LogP) is 0.714. The molecule has 4 bridgehead atoms. The molecule has 1 amide bonds. The second-order valence-electron chi connectivity index (χ2n) is 7.58. The van der Waals surface area contributed by atoms with Crippen LogP contribution >= 0.6 is 0 Å². The van der Waals surface area contributed by atoms with E-state index >= 15 is 0 Å². The van der Waals surface area contributed by atoms with E-state index in [0.717, 1.165) is 56.1 Å². The Bertz CT molecular complexity index is 877. The molecule has 5 rings (SSSR count). The molecule has 3 aliphatic rings. The first-order valence-corrected chi connectivity index (χ1v) is 9.76. The minimum absolute atomic E-state index is 0.0905. The Morgan fingerprint density at radius 3 is 3.11 bits per heavy atom. The number of carbonyl (C=O) groups excluding carboxylic acids is 1. The summed E-state index contributed by atoms with van der Waals surface area (Å²) < 4.78 is 1.99. The van der Waals surface area contributed by atoms with Gasteiger partial charge >= 0.3 is 0 Å². The maximum atomic E-state index is 12.4. The number of nitrogens with one attached hydrogen (secondary N) is 3. The maximum absolute atomic E-state index is 12.4. The number of nitrogens with zero attached hydrogens (tertiary/aromatic N) is 4. The summed E-state index contributed by atoms with van der Waals surface area (Å²) in [5, 5.41) is 14.6. The molecule has 8 nitrogen and oxygen atoms in total. The first-order chi connectivity index (χ1) is 13.2. The number of anilines is 3. The lowest BCUT2D eigenvalue weighted by molar-refractivity contribution is -0.122. The molecule has 27 heavy (non-hydrogen) atoms. The van der Waals surface area contributed by atoms with E-state index < -0.39 is 0 Å². The molecule has 2 aromatic heterocycles. The Hall–Kier alpha value is -2.61. The molecule has 3 aliphatic heterocycles. The van der Waals surface area contributed by atoms with Crippen molar-refractivity contribution in [2.75, 3.05) is 29.9 Å². The van der Waals surface area contributed by atoms with Crippen molar-refractivity contribution in [3.8, 4) is 0 Å². The molecule has 142 valence electrons. The quantitative estimate of drug-likeness (QED) is 0.636. The van der Waals surface area contributed by atoms with E-state index in [9.17, 15) is 4.79 Å². The van der Waals surface area contributed by atoms with Crippen molar-refractivity contribution >= 4 is 23.2 Å². The summed E-state index contributed by atoms with van der Waals surface area (Å²) in [5.41, 5.74) is 3.56. The summed E-state index contributed by atoms with van der Waals surface area (Å²) >= 11 is 0. The third-order valence-electron chi connectivity index (χ3n) is 5.75. The summed E-state index contributed by atoms with van der Waals surface area (Å²) in [5.74, 6) is 1.90. The van der Waals surface area contributed by atoms with Gasteiger partial charge in [0.05, 0.1) is 23.1 Å². The van der Waals surface area contributed by atoms with Crippen molar-refractivity contribution < 1.29 is 4.79 Å². The number of aryl methyl sites for hydroxylation is 1. The van der Waals surface area contributed by atoms with Crippen LogP contribution < -0.4 is 20.9 Å². The number of hydrogen-bond donors (Lipinski definition) is 3. The minimum atomic E-state index is -0.134. The largest absolute Gasteiger partial charge is 0.366 e. The molecule has 0 unspecified atom stereocenters. The number of rotatable bonds is 0. The van der Waals surface area contributed by atoms with E-state index in [4.69, 9.17) is 10.1 Å². The van der Waals surface area contributed by atoms with Crippen LogP contribution in [-0.2, 0) is 24.7 Å². The highest BCUT2D eigenvalue weighted by molar-refractivity contribution is 5.82. The number of amides is 1. The summed E-state index contributed by atoms with van der Waals surface area (Å²) in [7, 11) is 2.01. The Morgan fingerprint density at radius 2 is 2.19 bits per heavy atom. The average Bonchev–Trinajstić information content (AvgIpc) is 3.35. The molecule has 5 heterocycles. The van der Waals surface area contributed by atoms with Gasteiger partial charge in [0, 0.05) is 39.1 Å². The van der Waals surface area contributed by atoms with Gasteiger partial charge in [-0.2, -0.15) is 5.10 Å². The number of aromatic nitrogens is 3. The first-order valence-electron chi connectivity index (χ1n) is 9.76. The zero-order valence-corrected chi connectivity index (χ0v) is 15.5. The van der Waals surface area contributed by atoms with Crippen molar-refractivity contribution in [1.82, 2.24) is 25.4 Å². The van der Waals surface area contributed by atoms with Gasteiger partial charge in [-0.15, -0.1) is 0 Å². The lowest BCUT2D eigenvalue weighted by atomic mass is 10.1. The standard InChI is InChI=1S/C19H25N7O/c1-25-15-4-3-8-20-19(27)14-10-12(11-21-14)22-16-5-2-6-17(23-16)26-9-7-13(24-25)18(15)26/h2,5-6,12,14,21H,3-4,7-11H2,1H3,(H,20,27)(H,22,23)/t12-,14-/m0/s1. The van der Waals surface area contributed by atoms with Gasteiger partial charge in [0.25, 0.3) is 0 Å². The van der Waals surface area contributed by atoms with Crippen molar-refractivity contribution in [3.05, 3.63) is 29.6 Å². The number of fused-ring (bicyclic) bond motifs is 5. The maximum Gasteiger partial charge on any atom is 0.237 e. The molecule has 2 atom stereocenters. The van der Waals surface area contributed by atoms with Gasteiger partial charge in [-0.1, -0.05) is 6.07 Å². The smallest absolute Gasteiger partial charge is 0.237 e. The van der Waals surface area contributed by atoms with Crippen molar-refractivity contribution in [2.45, 2.75) is 37.8 Å². The van der Waals surface area contributed by atoms with Gasteiger partial charge in [0.2, 0.25) is 5.91 Å². The molecule has 8 heteroatoms. The highest BCUT2D eigenvalue weighted by Gasteiger charge is 2.31. The molecule has 2 aromatic rings. The summed E-state index contributed by atoms with van der Waals surface area (Å²) in [6, 6.07) is 6.18. The van der Waals surface area contributed by atoms with Crippen molar-refractivity contribution in [3.63, 3.8) is 0 Å². The normalized spacial score (nSPS) is 24.6. The lowest BCUT2D eigenvalue weighted by Gasteiger charge is -2.21. The van der Waals surface area contributed by atoms with Gasteiger partial charge in [-0.3, -0.25) is 9.48 Å². The molecule has 3 N–H and O–H groups in total. The van der Waals surface area contributed by atoms with Crippen molar-refractivity contribution in [1.29, 1.82) is 0 Å². The fourth-order valence-corrected chi connectivity index (χ4v) is 4.43. The van der Waals surface area contributed by atoms with E-state index in [0.29, 0.717) is 6.54 Å². The fourth-order valence-electron chi connectivity index (χ4n) is 4.43. The second kappa shape index (κ2) is 6.53. The number of hydrogen-bond acceptors (Lipinski definition) is 6. The summed E-state index contributed by atoms with van der Waals surface area (Å²) in [6.45, 7) is 2.36. The molecule has 0 saturated carbocycles. The van der Waals surface area contributed by atoms with Crippen LogP contribution in [0.5, 0.6) is 0 Å². The van der Waals surface area contributed by atoms with Gasteiger partial charge in [-0.25, -0.2) is 4.98 Å². The Morgan fingerprint density at radius 1 is 1.26 bits per heavy atom. The highest BCUT2D eigenvalue weighted by atomic mass is 16.2. The molecular formula is C19H25N7O. The van der Waals surface area contributed by atoms with Gasteiger partial charge in [0.15, 0.2) is 0 Å². The first kappa shape index (κ1) is 16.6. The van der Waals surface area contributed by atoms with Gasteiger partial charge < -0.3 is 20.9 Å². The molecular weight excluding hydrogens is 342 g/mol. The summed E-state index contributed by atoms with van der Waals surface area (Å²) in [6.07, 6.45) is 3.49. The SMILES string of the molecule is Cn1nc2c3c1CCCNC(=O)[C@@H]1C[C@@H](CN1)Nc1cccc(n1)N3CC2. The Labute approximate surface area is 158 Å². The average molecular weight is 367 g/mol. The van der Waals surface area contributed by atoms with Crippen LogP contribution in [0.4, 0.5) is 17.3 Å². The fraction of sp³-hybridized carbons (Fsp3) is 0.526. The molecule has 0 aliphatic carbocycles. The second-order valence-corrected chi connectivity index (χ2v) is 7.58. The highest BCUT2D eigenvalue weighted by Crippen LogP contribution is 2.37. The van der Waals surface area contributed by atoms with Gasteiger partial charge in [-0.05, 0) is 31.4 Å². The van der Waals surface area contributed by atoms with Gasteiger partial charge in [0.1, 0.15) is 11.6 Å². The van der Waals surface area contributed by atoms with E-state index in [-0.39, 0.29) is 18.0 Å². The monoisotopic (exact) mass is 367 g/mol. The lowest BCUT2D eigenvalue weighted by Crippen LogP contribution is -2.40. The van der Waals surface area contributed by atoms with Crippen LogP contribution in [0, 0.1) is 0 Å². The molecule has 0 aromatic carbocycles. The topological polar surface area (TPSA) is 87.1 Å². The molecule has 0 spiro atoms. The third kappa shape index (κ3) is 2.93. The zero-order valence-electron chi connectivity index (χ0n) is 15.5. The zero-order chi connectivity index (χ0) is 18.4. The minimum Gasteiger partial charge on any atom is -0.366 e. The van der Waals surface area contributed by atoms with E-state index in [1.165, 1.54) is 11.4 Å². The Balaban J connectivity index is 1.52. The van der Waals surface area contributed by atoms with Crippen LogP contribution in [0.25, 0.3) is 0 Å². The van der Waals surface area contributed by atoms with E-state index in [1.54, 1.807) is 0 Å². The molecule has 0 radical (unpaired) electrons. The molecule has 1 fully saturated rings. The van der Waals surface area contributed by atoms with E-state index in [1.807, 2.05) is 23.9 Å². The number of pyridine rings is 1. The summed E-state index contributed by atoms with van der Waals surface area (Å²) in [4.78, 5) is 19.6. The van der Waals surface area contributed by atoms with Crippen LogP contribution in [0.1, 0.15) is 24.2 Å². The number of carbonyl (C=O) groups is 1. The van der Waals surface area contributed by atoms with Crippen LogP contribution in [0.2, 0.25) is 0 Å². The predicted molar refractivity (Wildman–Crippen MR) is 103 cm³/mol. The van der Waals surface area contributed by atoms with Crippen LogP contribution in [0.15, 0.2) is 18.2 Å². The van der Waals surface area contributed by atoms with E-state index in [2.05, 4.69) is 26.9 Å². The van der Waals surface area contributed by atoms with Crippen molar-refractivity contribution in [2.24, 2.45) is 7.05 Å². The third-order valence-corrected chi connectivity index (χ3v) is 5.75. The van der Waals surface area contributed by atoms with Crippen LogP contribution in [0.3, 0.4) is 0 Å². The molecule has 1 saturated heterocycles. The Kier molecular flexibility index (Phi) is 4.00.